The summed E-state index contributed by atoms with van der Waals surface area (Å²) >= 11 is 0. The second-order valence-corrected chi connectivity index (χ2v) is 5.03. The van der Waals surface area contributed by atoms with Gasteiger partial charge in [-0.1, -0.05) is 19.3 Å². The van der Waals surface area contributed by atoms with Gasteiger partial charge in [-0.15, -0.1) is 0 Å². The zero-order valence-corrected chi connectivity index (χ0v) is 11.0. The maximum absolute atomic E-state index is 10.8. The van der Waals surface area contributed by atoms with Gasteiger partial charge in [0.1, 0.15) is 5.75 Å². The van der Waals surface area contributed by atoms with Crippen LogP contribution in [0.25, 0.3) is 0 Å². The van der Waals surface area contributed by atoms with Gasteiger partial charge in [-0.2, -0.15) is 0 Å². The maximum Gasteiger partial charge on any atom is 0.270 e. The highest BCUT2D eigenvalue weighted by molar-refractivity contribution is 5.85. The van der Waals surface area contributed by atoms with Gasteiger partial charge in [-0.25, -0.2) is 0 Å². The number of nitro benzene ring substituents is 1. The fourth-order valence-corrected chi connectivity index (χ4v) is 2.41. The van der Waals surface area contributed by atoms with E-state index in [1.165, 1.54) is 31.4 Å². The van der Waals surface area contributed by atoms with Gasteiger partial charge in [0.15, 0.2) is 0 Å². The second-order valence-electron chi connectivity index (χ2n) is 5.03. The Balaban J connectivity index is 2.23. The van der Waals surface area contributed by atoms with Crippen LogP contribution in [0.4, 0.5) is 5.69 Å². The first-order valence-corrected chi connectivity index (χ1v) is 6.59. The van der Waals surface area contributed by atoms with Crippen molar-refractivity contribution in [1.82, 2.24) is 0 Å². The van der Waals surface area contributed by atoms with Crippen molar-refractivity contribution < 1.29 is 10.0 Å². The van der Waals surface area contributed by atoms with Gasteiger partial charge in [-0.3, -0.25) is 15.1 Å². The Bertz CT molecular complexity index is 506. The van der Waals surface area contributed by atoms with E-state index in [2.05, 4.69) is 4.99 Å². The van der Waals surface area contributed by atoms with Gasteiger partial charge < -0.3 is 5.11 Å². The topological polar surface area (TPSA) is 75.7 Å². The maximum atomic E-state index is 10.8. The van der Waals surface area contributed by atoms with Crippen molar-refractivity contribution in [3.8, 4) is 5.75 Å². The van der Waals surface area contributed by atoms with Crippen molar-refractivity contribution in [2.24, 2.45) is 4.99 Å². The van der Waals surface area contributed by atoms with Crippen molar-refractivity contribution in [3.05, 3.63) is 33.4 Å². The van der Waals surface area contributed by atoms with E-state index >= 15 is 0 Å². The normalized spacial score (nSPS) is 16.9. The van der Waals surface area contributed by atoms with Gasteiger partial charge >= 0.3 is 0 Å². The number of benzene rings is 1. The van der Waals surface area contributed by atoms with Crippen molar-refractivity contribution in [2.45, 2.75) is 45.1 Å². The molecule has 0 amide bonds. The van der Waals surface area contributed by atoms with E-state index in [9.17, 15) is 15.2 Å². The summed E-state index contributed by atoms with van der Waals surface area (Å²) in [5, 5.41) is 20.7. The van der Waals surface area contributed by atoms with Gasteiger partial charge in [-0.05, 0) is 25.3 Å². The van der Waals surface area contributed by atoms with Gasteiger partial charge in [0, 0.05) is 30.0 Å². The third-order valence-electron chi connectivity index (χ3n) is 3.52. The highest BCUT2D eigenvalue weighted by atomic mass is 16.6. The molecule has 1 aromatic carbocycles. The first-order valence-electron chi connectivity index (χ1n) is 6.59. The minimum absolute atomic E-state index is 0.0135. The lowest BCUT2D eigenvalue weighted by Gasteiger charge is -2.17. The number of hydrogen-bond acceptors (Lipinski definition) is 4. The molecule has 1 aliphatic carbocycles. The summed E-state index contributed by atoms with van der Waals surface area (Å²) in [6, 6.07) is 3.02. The van der Waals surface area contributed by atoms with Gasteiger partial charge in [0.2, 0.25) is 0 Å². The van der Waals surface area contributed by atoms with Crippen LogP contribution in [0.15, 0.2) is 17.1 Å². The monoisotopic (exact) mass is 262 g/mol. The summed E-state index contributed by atoms with van der Waals surface area (Å²) in [6.07, 6.45) is 7.32. The lowest BCUT2D eigenvalue weighted by molar-refractivity contribution is -0.384. The van der Waals surface area contributed by atoms with E-state index in [-0.39, 0.29) is 17.5 Å². The summed E-state index contributed by atoms with van der Waals surface area (Å²) in [4.78, 5) is 14.8. The Hall–Kier alpha value is -1.91. The number of hydrogen-bond donors (Lipinski definition) is 1. The van der Waals surface area contributed by atoms with Crippen LogP contribution in [-0.2, 0) is 0 Å². The van der Waals surface area contributed by atoms with E-state index in [1.54, 1.807) is 13.1 Å². The number of phenols is 1. The van der Waals surface area contributed by atoms with E-state index in [4.69, 9.17) is 0 Å². The predicted octanol–water partition coefficient (Wildman–Crippen LogP) is 3.36. The predicted molar refractivity (Wildman–Crippen MR) is 74.0 cm³/mol. The van der Waals surface area contributed by atoms with Gasteiger partial charge in [0.25, 0.3) is 5.69 Å². The molecule has 0 atom stereocenters. The molecule has 1 fully saturated rings. The number of aromatic hydroxyl groups is 1. The molecule has 0 saturated heterocycles. The highest BCUT2D eigenvalue weighted by Crippen LogP contribution is 2.27. The standard InChI is InChI=1S/C14H18N2O3/c1-10-7-13(16(18)19)8-11(14(10)17)9-15-12-5-3-2-4-6-12/h7-9,12,17H,2-6H2,1H3. The third kappa shape index (κ3) is 3.30. The summed E-state index contributed by atoms with van der Waals surface area (Å²) in [6.45, 7) is 1.65. The van der Waals surface area contributed by atoms with E-state index in [0.29, 0.717) is 11.1 Å². The molecule has 5 nitrogen and oxygen atoms in total. The molecule has 0 unspecified atom stereocenters. The largest absolute Gasteiger partial charge is 0.507 e. The minimum atomic E-state index is -0.454. The Morgan fingerprint density at radius 2 is 2.05 bits per heavy atom. The van der Waals surface area contributed by atoms with Crippen LogP contribution in [0.5, 0.6) is 5.75 Å². The molecule has 0 aliphatic heterocycles. The van der Waals surface area contributed by atoms with Crippen LogP contribution in [0.2, 0.25) is 0 Å². The lowest BCUT2D eigenvalue weighted by Crippen LogP contribution is -2.09. The van der Waals surface area contributed by atoms with Crippen molar-refractivity contribution in [3.63, 3.8) is 0 Å². The molecule has 0 bridgehead atoms. The molecule has 5 heteroatoms. The number of aryl methyl sites for hydroxylation is 1. The molecule has 0 spiro atoms. The SMILES string of the molecule is Cc1cc([N+](=O)[O-])cc(C=NC2CCCCC2)c1O. The summed E-state index contributed by atoms with van der Waals surface area (Å²) < 4.78 is 0. The summed E-state index contributed by atoms with van der Waals surface area (Å²) in [5.41, 5.74) is 0.914. The number of nitrogens with zero attached hydrogens (tertiary/aromatic N) is 2. The lowest BCUT2D eigenvalue weighted by atomic mass is 9.96. The zero-order valence-electron chi connectivity index (χ0n) is 11.0. The van der Waals surface area contributed by atoms with Crippen molar-refractivity contribution >= 4 is 11.9 Å². The molecule has 0 aromatic heterocycles. The Kier molecular flexibility index (Phi) is 4.14. The van der Waals surface area contributed by atoms with Crippen LogP contribution < -0.4 is 0 Å². The van der Waals surface area contributed by atoms with E-state index in [0.717, 1.165) is 12.8 Å². The second kappa shape index (κ2) is 5.82. The van der Waals surface area contributed by atoms with Crippen LogP contribution in [0.3, 0.4) is 0 Å². The Labute approximate surface area is 112 Å². The minimum Gasteiger partial charge on any atom is -0.507 e. The molecule has 1 aliphatic rings. The summed E-state index contributed by atoms with van der Waals surface area (Å²) in [7, 11) is 0. The molecule has 1 saturated carbocycles. The summed E-state index contributed by atoms with van der Waals surface area (Å²) in [5.74, 6) is 0.0742. The van der Waals surface area contributed by atoms with Crippen LogP contribution in [0, 0.1) is 17.0 Å². The smallest absolute Gasteiger partial charge is 0.270 e. The molecule has 2 rings (SSSR count). The van der Waals surface area contributed by atoms with Crippen molar-refractivity contribution in [2.75, 3.05) is 0 Å². The van der Waals surface area contributed by atoms with Gasteiger partial charge in [0.05, 0.1) is 4.92 Å². The third-order valence-corrected chi connectivity index (χ3v) is 3.52. The number of phenolic OH excluding ortho intramolecular Hbond substituents is 1. The van der Waals surface area contributed by atoms with Crippen LogP contribution >= 0.6 is 0 Å². The number of rotatable bonds is 3. The first-order chi connectivity index (χ1) is 9.08. The van der Waals surface area contributed by atoms with Crippen LogP contribution in [-0.4, -0.2) is 22.3 Å². The molecular weight excluding hydrogens is 244 g/mol. The molecule has 0 radical (unpaired) electrons. The first kappa shape index (κ1) is 13.5. The van der Waals surface area contributed by atoms with Crippen LogP contribution in [0.1, 0.15) is 43.2 Å². The zero-order chi connectivity index (χ0) is 13.8. The fourth-order valence-electron chi connectivity index (χ4n) is 2.41. The molecule has 1 N–H and O–H groups in total. The Morgan fingerprint density at radius 3 is 2.68 bits per heavy atom. The van der Waals surface area contributed by atoms with E-state index in [1.807, 2.05) is 0 Å². The fraction of sp³-hybridized carbons (Fsp3) is 0.500. The Morgan fingerprint density at radius 1 is 1.37 bits per heavy atom. The molecule has 102 valence electrons. The quantitative estimate of drug-likeness (QED) is 0.515. The average Bonchev–Trinajstić information content (AvgIpc) is 2.41. The highest BCUT2D eigenvalue weighted by Gasteiger charge is 2.14. The molecule has 1 aromatic rings. The average molecular weight is 262 g/mol. The molecule has 19 heavy (non-hydrogen) atoms. The number of nitro groups is 1. The molecular formula is C14H18N2O3. The number of non-ortho nitro benzene ring substituents is 1. The number of aliphatic imine (C=N–C) groups is 1. The molecule has 0 heterocycles. The van der Waals surface area contributed by atoms with Crippen molar-refractivity contribution in [1.29, 1.82) is 0 Å². The van der Waals surface area contributed by atoms with E-state index < -0.39 is 4.92 Å².